The van der Waals surface area contributed by atoms with E-state index < -0.39 is 48.5 Å². The van der Waals surface area contributed by atoms with Crippen LogP contribution >= 0.6 is 0 Å². The van der Waals surface area contributed by atoms with Gasteiger partial charge in [-0.05, 0) is 23.8 Å². The summed E-state index contributed by atoms with van der Waals surface area (Å²) in [4.78, 5) is 24.9. The van der Waals surface area contributed by atoms with Crippen LogP contribution in [-0.4, -0.2) is 66.0 Å². The average molecular weight is 609 g/mol. The van der Waals surface area contributed by atoms with Crippen LogP contribution in [0, 0.1) is 5.82 Å². The quantitative estimate of drug-likeness (QED) is 0.196. The number of hydrogen-bond donors (Lipinski definition) is 3. The van der Waals surface area contributed by atoms with Crippen molar-refractivity contribution in [3.63, 3.8) is 0 Å². The van der Waals surface area contributed by atoms with E-state index in [1.807, 2.05) is 0 Å². The zero-order chi connectivity index (χ0) is 31.0. The van der Waals surface area contributed by atoms with Gasteiger partial charge in [0.1, 0.15) is 17.7 Å². The molecule has 3 N–H and O–H groups in total. The van der Waals surface area contributed by atoms with Gasteiger partial charge in [0.15, 0.2) is 11.4 Å². The SMILES string of the molecule is O=C(NCc1cc(OC(F)(F)F)ccc1F)c1cn(CCC(F)Cn2cc(C(=O)NC(CO)c3ccccc3)nn2)nn1. The predicted molar refractivity (Wildman–Crippen MR) is 138 cm³/mol. The van der Waals surface area contributed by atoms with Gasteiger partial charge in [-0.2, -0.15) is 0 Å². The second-order valence-electron chi connectivity index (χ2n) is 9.18. The van der Waals surface area contributed by atoms with E-state index in [0.29, 0.717) is 5.56 Å². The van der Waals surface area contributed by atoms with Gasteiger partial charge in [0.25, 0.3) is 11.8 Å². The van der Waals surface area contributed by atoms with Crippen molar-refractivity contribution in [1.82, 2.24) is 40.6 Å². The molecule has 0 saturated carbocycles. The Bertz CT molecular complexity index is 1530. The Morgan fingerprint density at radius 1 is 0.977 bits per heavy atom. The molecule has 0 aliphatic carbocycles. The number of carbonyl (C=O) groups is 2. The van der Waals surface area contributed by atoms with Crippen LogP contribution in [0.4, 0.5) is 22.0 Å². The summed E-state index contributed by atoms with van der Waals surface area (Å²) in [6.45, 7) is -1.00. The third-order valence-electron chi connectivity index (χ3n) is 5.98. The lowest BCUT2D eigenvalue weighted by Gasteiger charge is -2.15. The van der Waals surface area contributed by atoms with Gasteiger partial charge in [-0.3, -0.25) is 14.3 Å². The van der Waals surface area contributed by atoms with E-state index in [1.54, 1.807) is 30.3 Å². The maximum Gasteiger partial charge on any atom is 0.573 e. The number of aromatic nitrogens is 6. The predicted octanol–water partition coefficient (Wildman–Crippen LogP) is 2.73. The highest BCUT2D eigenvalue weighted by Crippen LogP contribution is 2.24. The highest BCUT2D eigenvalue weighted by atomic mass is 19.4. The lowest BCUT2D eigenvalue weighted by Crippen LogP contribution is -2.31. The third-order valence-corrected chi connectivity index (χ3v) is 5.98. The number of carbonyl (C=O) groups excluding carboxylic acids is 2. The minimum absolute atomic E-state index is 0.0181. The van der Waals surface area contributed by atoms with Crippen molar-refractivity contribution in [3.8, 4) is 5.75 Å². The molecule has 4 aromatic rings. The lowest BCUT2D eigenvalue weighted by atomic mass is 10.1. The van der Waals surface area contributed by atoms with E-state index in [-0.39, 0.29) is 43.1 Å². The molecule has 2 heterocycles. The smallest absolute Gasteiger partial charge is 0.406 e. The van der Waals surface area contributed by atoms with Gasteiger partial charge in [-0.1, -0.05) is 40.8 Å². The average Bonchev–Trinajstić information content (AvgIpc) is 3.65. The fourth-order valence-electron chi connectivity index (χ4n) is 3.87. The molecule has 0 saturated heterocycles. The number of alkyl halides is 4. The largest absolute Gasteiger partial charge is 0.573 e. The van der Waals surface area contributed by atoms with Gasteiger partial charge in [0.2, 0.25) is 0 Å². The molecule has 0 bridgehead atoms. The molecule has 0 aliphatic heterocycles. The van der Waals surface area contributed by atoms with Crippen LogP contribution in [-0.2, 0) is 19.6 Å². The van der Waals surface area contributed by atoms with E-state index in [0.717, 1.165) is 22.9 Å². The molecule has 228 valence electrons. The summed E-state index contributed by atoms with van der Waals surface area (Å²) in [7, 11) is 0. The second-order valence-corrected chi connectivity index (χ2v) is 9.18. The van der Waals surface area contributed by atoms with E-state index in [2.05, 4.69) is 36.0 Å². The first-order chi connectivity index (χ1) is 20.5. The minimum atomic E-state index is -4.96. The van der Waals surface area contributed by atoms with Gasteiger partial charge >= 0.3 is 6.36 Å². The maximum atomic E-state index is 14.6. The van der Waals surface area contributed by atoms with E-state index in [9.17, 15) is 36.6 Å². The van der Waals surface area contributed by atoms with Crippen molar-refractivity contribution < 1.29 is 41.4 Å². The Kier molecular flexibility index (Phi) is 9.97. The Labute approximate surface area is 240 Å². The molecular formula is C26H25F5N8O4. The normalized spacial score (nSPS) is 12.9. The Hall–Kier alpha value is -4.93. The van der Waals surface area contributed by atoms with Gasteiger partial charge in [0, 0.05) is 25.1 Å². The molecular weight excluding hydrogens is 583 g/mol. The molecule has 17 heteroatoms. The van der Waals surface area contributed by atoms with Gasteiger partial charge in [-0.15, -0.1) is 23.4 Å². The number of nitrogens with zero attached hydrogens (tertiary/aromatic N) is 6. The summed E-state index contributed by atoms with van der Waals surface area (Å²) in [5.41, 5.74) is 0.206. The molecule has 0 spiro atoms. The fourth-order valence-corrected chi connectivity index (χ4v) is 3.87. The first-order valence-corrected chi connectivity index (χ1v) is 12.7. The first kappa shape index (κ1) is 31.0. The summed E-state index contributed by atoms with van der Waals surface area (Å²) >= 11 is 0. The number of halogens is 5. The molecule has 4 rings (SSSR count). The van der Waals surface area contributed by atoms with Gasteiger partial charge in [-0.25, -0.2) is 13.5 Å². The highest BCUT2D eigenvalue weighted by molar-refractivity contribution is 5.92. The fraction of sp³-hybridized carbons (Fsp3) is 0.308. The van der Waals surface area contributed by atoms with Crippen LogP contribution in [0.2, 0.25) is 0 Å². The number of rotatable bonds is 13. The summed E-state index contributed by atoms with van der Waals surface area (Å²) in [6, 6.07) is 10.6. The van der Waals surface area contributed by atoms with Crippen molar-refractivity contribution in [3.05, 3.63) is 89.3 Å². The Balaban J connectivity index is 1.24. The second kappa shape index (κ2) is 13.8. The van der Waals surface area contributed by atoms with Crippen LogP contribution in [0.25, 0.3) is 0 Å². The molecule has 2 aromatic carbocycles. The summed E-state index contributed by atoms with van der Waals surface area (Å²) < 4.78 is 71.9. The summed E-state index contributed by atoms with van der Waals surface area (Å²) in [5, 5.41) is 29.5. The highest BCUT2D eigenvalue weighted by Gasteiger charge is 2.31. The lowest BCUT2D eigenvalue weighted by molar-refractivity contribution is -0.274. The molecule has 0 aliphatic rings. The number of ether oxygens (including phenoxy) is 1. The number of hydrogen-bond acceptors (Lipinski definition) is 8. The Morgan fingerprint density at radius 2 is 1.65 bits per heavy atom. The third kappa shape index (κ3) is 9.03. The van der Waals surface area contributed by atoms with Crippen molar-refractivity contribution in [2.24, 2.45) is 0 Å². The molecule has 43 heavy (non-hydrogen) atoms. The van der Waals surface area contributed by atoms with Crippen LogP contribution in [0.15, 0.2) is 60.9 Å². The molecule has 0 radical (unpaired) electrons. The molecule has 2 atom stereocenters. The number of aliphatic hydroxyl groups excluding tert-OH is 1. The Morgan fingerprint density at radius 3 is 2.35 bits per heavy atom. The zero-order valence-electron chi connectivity index (χ0n) is 22.2. The van der Waals surface area contributed by atoms with E-state index in [1.165, 1.54) is 17.1 Å². The molecule has 0 fully saturated rings. The van der Waals surface area contributed by atoms with E-state index in [4.69, 9.17) is 0 Å². The molecule has 12 nitrogen and oxygen atoms in total. The van der Waals surface area contributed by atoms with Crippen molar-refractivity contribution >= 4 is 11.8 Å². The molecule has 2 amide bonds. The maximum absolute atomic E-state index is 14.6. The van der Waals surface area contributed by atoms with Crippen molar-refractivity contribution in [1.29, 1.82) is 0 Å². The number of aliphatic hydroxyl groups is 1. The van der Waals surface area contributed by atoms with Crippen molar-refractivity contribution in [2.45, 2.75) is 44.6 Å². The van der Waals surface area contributed by atoms with Crippen LogP contribution in [0.1, 0.15) is 44.6 Å². The van der Waals surface area contributed by atoms with Gasteiger partial charge in [0.05, 0.1) is 31.6 Å². The topological polar surface area (TPSA) is 149 Å². The van der Waals surface area contributed by atoms with Crippen LogP contribution in [0.3, 0.4) is 0 Å². The zero-order valence-corrected chi connectivity index (χ0v) is 22.2. The monoisotopic (exact) mass is 608 g/mol. The number of nitrogens with one attached hydrogen (secondary N) is 2. The number of aryl methyl sites for hydroxylation is 1. The summed E-state index contributed by atoms with van der Waals surface area (Å²) in [5.74, 6) is -2.88. The van der Waals surface area contributed by atoms with Crippen LogP contribution < -0.4 is 15.4 Å². The number of benzene rings is 2. The van der Waals surface area contributed by atoms with E-state index >= 15 is 0 Å². The minimum Gasteiger partial charge on any atom is -0.406 e. The number of amides is 2. The summed E-state index contributed by atoms with van der Waals surface area (Å²) in [6.07, 6.45) is -3.97. The van der Waals surface area contributed by atoms with Gasteiger partial charge < -0.3 is 20.5 Å². The molecule has 2 unspecified atom stereocenters. The molecule has 2 aromatic heterocycles. The van der Waals surface area contributed by atoms with Crippen molar-refractivity contribution in [2.75, 3.05) is 6.61 Å². The first-order valence-electron chi connectivity index (χ1n) is 12.7. The van der Waals surface area contributed by atoms with Crippen LogP contribution in [0.5, 0.6) is 5.75 Å². The standard InChI is InChI=1S/C26H25F5N8O4/c27-18(12-39-14-22(35-37-39)25(42)33-23(15-40)16-4-2-1-3-5-16)8-9-38-13-21(34-36-38)24(41)32-11-17-10-19(6-7-20(17)28)43-26(29,30)31/h1-7,10,13-14,18,23,40H,8-9,11-12,15H2,(H,32,41)(H,33,42).